The van der Waals surface area contributed by atoms with E-state index in [9.17, 15) is 0 Å². The van der Waals surface area contributed by atoms with E-state index < -0.39 is 0 Å². The fraction of sp³-hybridized carbons (Fsp3) is 0.125. The van der Waals surface area contributed by atoms with E-state index in [2.05, 4.69) is 34.9 Å². The molecule has 0 N–H and O–H groups in total. The predicted molar refractivity (Wildman–Crippen MR) is 114 cm³/mol. The Labute approximate surface area is 164 Å². The van der Waals surface area contributed by atoms with Gasteiger partial charge in [0.05, 0.1) is 24.7 Å². The smallest absolute Gasteiger partial charge is 0.161 e. The molecule has 0 fully saturated rings. The number of nitrogens with zero attached hydrogens (tertiary/aromatic N) is 2. The molecular formula is C24H22N2O2. The molecule has 0 bridgehead atoms. The Morgan fingerprint density at radius 1 is 0.821 bits per heavy atom. The average Bonchev–Trinajstić information content (AvgIpc) is 3.11. The highest BCUT2D eigenvalue weighted by Crippen LogP contribution is 2.26. The zero-order valence-electron chi connectivity index (χ0n) is 15.8. The van der Waals surface area contributed by atoms with Gasteiger partial charge < -0.3 is 14.0 Å². The number of imidazole rings is 1. The number of hydrogen-bond acceptors (Lipinski definition) is 3. The van der Waals surface area contributed by atoms with Crippen molar-refractivity contribution in [2.24, 2.45) is 0 Å². The molecule has 0 amide bonds. The molecule has 4 nitrogen and oxygen atoms in total. The summed E-state index contributed by atoms with van der Waals surface area (Å²) in [4.78, 5) is 4.78. The van der Waals surface area contributed by atoms with Gasteiger partial charge in [-0.15, -0.1) is 0 Å². The second-order valence-corrected chi connectivity index (χ2v) is 6.35. The number of para-hydroxylation sites is 4. The van der Waals surface area contributed by atoms with Crippen LogP contribution in [0.4, 0.5) is 0 Å². The van der Waals surface area contributed by atoms with Gasteiger partial charge in [0.1, 0.15) is 12.4 Å². The largest absolute Gasteiger partial charge is 0.493 e. The summed E-state index contributed by atoms with van der Waals surface area (Å²) < 4.78 is 13.5. The van der Waals surface area contributed by atoms with Gasteiger partial charge in [0.25, 0.3) is 0 Å². The van der Waals surface area contributed by atoms with Crippen LogP contribution in [0.5, 0.6) is 11.5 Å². The summed E-state index contributed by atoms with van der Waals surface area (Å²) in [5.41, 5.74) is 3.22. The Bertz CT molecular complexity index is 1080. The van der Waals surface area contributed by atoms with Crippen molar-refractivity contribution in [2.75, 3.05) is 13.7 Å². The molecule has 0 unspecified atom stereocenters. The zero-order chi connectivity index (χ0) is 19.2. The Morgan fingerprint density at radius 3 is 2.36 bits per heavy atom. The first-order chi connectivity index (χ1) is 13.8. The molecule has 4 heteroatoms. The normalized spacial score (nSPS) is 11.2. The van der Waals surface area contributed by atoms with Crippen LogP contribution >= 0.6 is 0 Å². The van der Waals surface area contributed by atoms with E-state index in [1.807, 2.05) is 60.7 Å². The maximum atomic E-state index is 5.97. The Morgan fingerprint density at radius 2 is 1.54 bits per heavy atom. The van der Waals surface area contributed by atoms with Gasteiger partial charge in [0.15, 0.2) is 11.5 Å². The third kappa shape index (κ3) is 3.91. The van der Waals surface area contributed by atoms with Crippen LogP contribution in [0.3, 0.4) is 0 Å². The van der Waals surface area contributed by atoms with E-state index in [0.29, 0.717) is 13.2 Å². The first-order valence-corrected chi connectivity index (χ1v) is 9.29. The van der Waals surface area contributed by atoms with Crippen LogP contribution in [0.1, 0.15) is 11.4 Å². The van der Waals surface area contributed by atoms with Gasteiger partial charge in [-0.1, -0.05) is 60.7 Å². The minimum absolute atomic E-state index is 0.521. The number of benzene rings is 3. The summed E-state index contributed by atoms with van der Waals surface area (Å²) in [6, 6.07) is 26.1. The summed E-state index contributed by atoms with van der Waals surface area (Å²) in [5, 5.41) is 0. The summed E-state index contributed by atoms with van der Waals surface area (Å²) in [5.74, 6) is 2.40. The molecule has 1 aromatic heterocycles. The number of hydrogen-bond donors (Lipinski definition) is 0. The summed E-state index contributed by atoms with van der Waals surface area (Å²) in [6.45, 7) is 1.21. The maximum Gasteiger partial charge on any atom is 0.161 e. The number of fused-ring (bicyclic) bond motifs is 1. The Balaban J connectivity index is 1.57. The van der Waals surface area contributed by atoms with Crippen molar-refractivity contribution < 1.29 is 9.47 Å². The monoisotopic (exact) mass is 370 g/mol. The SMILES string of the molecule is COc1ccccc1OCCn1c(/C=C/c2ccccc2)nc2ccccc21. The molecule has 0 radical (unpaired) electrons. The van der Waals surface area contributed by atoms with Crippen LogP contribution in [-0.2, 0) is 6.54 Å². The van der Waals surface area contributed by atoms with E-state index in [1.165, 1.54) is 0 Å². The topological polar surface area (TPSA) is 36.3 Å². The van der Waals surface area contributed by atoms with Crippen LogP contribution in [0.25, 0.3) is 23.2 Å². The minimum atomic E-state index is 0.521. The molecule has 140 valence electrons. The maximum absolute atomic E-state index is 5.97. The number of aromatic nitrogens is 2. The molecule has 0 saturated heterocycles. The molecule has 0 aliphatic heterocycles. The van der Waals surface area contributed by atoms with Crippen molar-refractivity contribution in [1.29, 1.82) is 0 Å². The van der Waals surface area contributed by atoms with Crippen LogP contribution in [0, 0.1) is 0 Å². The summed E-state index contributed by atoms with van der Waals surface area (Å²) in [6.07, 6.45) is 4.14. The summed E-state index contributed by atoms with van der Waals surface area (Å²) >= 11 is 0. The van der Waals surface area contributed by atoms with E-state index in [-0.39, 0.29) is 0 Å². The van der Waals surface area contributed by atoms with Crippen molar-refractivity contribution in [2.45, 2.75) is 6.54 Å². The zero-order valence-corrected chi connectivity index (χ0v) is 15.8. The molecule has 0 spiro atoms. The third-order valence-electron chi connectivity index (χ3n) is 4.55. The van der Waals surface area contributed by atoms with Crippen LogP contribution in [-0.4, -0.2) is 23.3 Å². The number of rotatable bonds is 7. The second-order valence-electron chi connectivity index (χ2n) is 6.35. The molecule has 28 heavy (non-hydrogen) atoms. The quantitative estimate of drug-likeness (QED) is 0.443. The number of ether oxygens (including phenoxy) is 2. The van der Waals surface area contributed by atoms with Crippen molar-refractivity contribution >= 4 is 23.2 Å². The lowest BCUT2D eigenvalue weighted by Gasteiger charge is -2.12. The Hall–Kier alpha value is -3.53. The van der Waals surface area contributed by atoms with Crippen molar-refractivity contribution in [3.63, 3.8) is 0 Å². The Kier molecular flexibility index (Phi) is 5.38. The molecule has 0 atom stereocenters. The average molecular weight is 370 g/mol. The molecule has 3 aromatic carbocycles. The fourth-order valence-corrected chi connectivity index (χ4v) is 3.18. The predicted octanol–water partition coefficient (Wildman–Crippen LogP) is 5.29. The first kappa shape index (κ1) is 17.9. The first-order valence-electron chi connectivity index (χ1n) is 9.29. The molecule has 0 saturated carbocycles. The lowest BCUT2D eigenvalue weighted by molar-refractivity contribution is 0.281. The van der Waals surface area contributed by atoms with Crippen molar-refractivity contribution in [1.82, 2.24) is 9.55 Å². The molecular weight excluding hydrogens is 348 g/mol. The molecule has 1 heterocycles. The second kappa shape index (κ2) is 8.44. The van der Waals surface area contributed by atoms with Gasteiger partial charge in [-0.3, -0.25) is 0 Å². The van der Waals surface area contributed by atoms with E-state index in [4.69, 9.17) is 14.5 Å². The minimum Gasteiger partial charge on any atom is -0.493 e. The van der Waals surface area contributed by atoms with E-state index >= 15 is 0 Å². The van der Waals surface area contributed by atoms with Crippen LogP contribution in [0.2, 0.25) is 0 Å². The van der Waals surface area contributed by atoms with Gasteiger partial charge in [-0.25, -0.2) is 4.98 Å². The molecule has 4 rings (SSSR count). The van der Waals surface area contributed by atoms with Gasteiger partial charge in [0, 0.05) is 0 Å². The highest BCUT2D eigenvalue weighted by Gasteiger charge is 2.09. The van der Waals surface area contributed by atoms with Gasteiger partial charge >= 0.3 is 0 Å². The van der Waals surface area contributed by atoms with Gasteiger partial charge in [-0.05, 0) is 35.9 Å². The van der Waals surface area contributed by atoms with Crippen molar-refractivity contribution in [3.05, 3.63) is 90.3 Å². The third-order valence-corrected chi connectivity index (χ3v) is 4.55. The molecule has 0 aliphatic rings. The lowest BCUT2D eigenvalue weighted by Crippen LogP contribution is -2.10. The molecule has 0 aliphatic carbocycles. The highest BCUT2D eigenvalue weighted by molar-refractivity contribution is 5.79. The van der Waals surface area contributed by atoms with Crippen LogP contribution in [0.15, 0.2) is 78.9 Å². The molecule has 4 aromatic rings. The van der Waals surface area contributed by atoms with Gasteiger partial charge in [0.2, 0.25) is 0 Å². The number of methoxy groups -OCH3 is 1. The standard InChI is InChI=1S/C24H22N2O2/c1-27-22-13-7-8-14-23(22)28-18-17-26-21-12-6-5-11-20(21)25-24(26)16-15-19-9-3-2-4-10-19/h2-16H,17-18H2,1H3/b16-15+. The van der Waals surface area contributed by atoms with E-state index in [0.717, 1.165) is 33.9 Å². The van der Waals surface area contributed by atoms with E-state index in [1.54, 1.807) is 7.11 Å². The van der Waals surface area contributed by atoms with Crippen molar-refractivity contribution in [3.8, 4) is 11.5 Å². The lowest BCUT2D eigenvalue weighted by atomic mass is 10.2. The summed E-state index contributed by atoms with van der Waals surface area (Å²) in [7, 11) is 1.65. The van der Waals surface area contributed by atoms with Gasteiger partial charge in [-0.2, -0.15) is 0 Å². The van der Waals surface area contributed by atoms with Crippen LogP contribution < -0.4 is 9.47 Å². The highest BCUT2D eigenvalue weighted by atomic mass is 16.5. The fourth-order valence-electron chi connectivity index (χ4n) is 3.18.